The van der Waals surface area contributed by atoms with Crippen molar-refractivity contribution in [3.63, 3.8) is 0 Å². The molecule has 1 amide bonds. The molecule has 0 saturated carbocycles. The summed E-state index contributed by atoms with van der Waals surface area (Å²) < 4.78 is 1.75. The minimum atomic E-state index is -1.06. The van der Waals surface area contributed by atoms with E-state index in [0.29, 0.717) is 5.69 Å². The predicted octanol–water partition coefficient (Wildman–Crippen LogP) is 0.972. The second kappa shape index (κ2) is 5.63. The Labute approximate surface area is 127 Å². The van der Waals surface area contributed by atoms with Crippen molar-refractivity contribution in [2.45, 2.75) is 26.8 Å². The number of carbonyl (C=O) groups is 2. The Morgan fingerprint density at radius 3 is 2.55 bits per heavy atom. The predicted molar refractivity (Wildman–Crippen MR) is 79.5 cm³/mol. The van der Waals surface area contributed by atoms with Gasteiger partial charge >= 0.3 is 5.97 Å². The maximum absolute atomic E-state index is 12.3. The number of likely N-dealkylation sites (N-methyl/N-ethyl adjacent to an activating group) is 1. The lowest BCUT2D eigenvalue weighted by atomic mass is 10.1. The summed E-state index contributed by atoms with van der Waals surface area (Å²) in [6, 6.07) is 0.700. The normalized spacial score (nSPS) is 12.2. The number of hydrogen-bond donors (Lipinski definition) is 2. The van der Waals surface area contributed by atoms with E-state index in [9.17, 15) is 9.59 Å². The standard InChI is InChI=1S/C14H19N5O3/c1-7-12(8(2)19(5)17-7)10-6-11(16-15-10)13(20)18(4)9(3)14(21)22/h6,9H,1-5H3,(H,15,16)(H,21,22). The molecule has 0 fully saturated rings. The zero-order chi connectivity index (χ0) is 16.6. The van der Waals surface area contributed by atoms with Crippen LogP contribution >= 0.6 is 0 Å². The Balaban J connectivity index is 2.32. The van der Waals surface area contributed by atoms with E-state index >= 15 is 0 Å². The average molecular weight is 305 g/mol. The van der Waals surface area contributed by atoms with Crippen molar-refractivity contribution in [2.75, 3.05) is 7.05 Å². The summed E-state index contributed by atoms with van der Waals surface area (Å²) in [6.45, 7) is 5.24. The van der Waals surface area contributed by atoms with E-state index in [1.165, 1.54) is 14.0 Å². The smallest absolute Gasteiger partial charge is 0.326 e. The summed E-state index contributed by atoms with van der Waals surface area (Å²) in [5.74, 6) is -1.48. The number of aromatic amines is 1. The van der Waals surface area contributed by atoms with Gasteiger partial charge in [-0.15, -0.1) is 0 Å². The van der Waals surface area contributed by atoms with Gasteiger partial charge in [-0.25, -0.2) is 4.79 Å². The molecule has 118 valence electrons. The maximum Gasteiger partial charge on any atom is 0.326 e. The number of H-pyrrole nitrogens is 1. The van der Waals surface area contributed by atoms with Crippen LogP contribution in [0.2, 0.25) is 0 Å². The molecule has 2 rings (SSSR count). The third-order valence-electron chi connectivity index (χ3n) is 3.83. The zero-order valence-electron chi connectivity index (χ0n) is 13.2. The van der Waals surface area contributed by atoms with Gasteiger partial charge in [0.1, 0.15) is 11.7 Å². The third-order valence-corrected chi connectivity index (χ3v) is 3.83. The molecule has 1 atom stereocenters. The van der Waals surface area contributed by atoms with Crippen LogP contribution in [0.15, 0.2) is 6.07 Å². The fourth-order valence-corrected chi connectivity index (χ4v) is 2.24. The molecule has 2 heterocycles. The molecular weight excluding hydrogens is 286 g/mol. The Morgan fingerprint density at radius 2 is 2.05 bits per heavy atom. The number of nitrogens with zero attached hydrogens (tertiary/aromatic N) is 4. The van der Waals surface area contributed by atoms with Crippen LogP contribution in [0.4, 0.5) is 0 Å². The van der Waals surface area contributed by atoms with E-state index in [1.54, 1.807) is 10.7 Å². The van der Waals surface area contributed by atoms with Crippen molar-refractivity contribution in [3.8, 4) is 11.3 Å². The lowest BCUT2D eigenvalue weighted by Gasteiger charge is -2.20. The number of aryl methyl sites for hydroxylation is 2. The van der Waals surface area contributed by atoms with Gasteiger partial charge in [0, 0.05) is 25.4 Å². The fraction of sp³-hybridized carbons (Fsp3) is 0.429. The first-order valence-corrected chi connectivity index (χ1v) is 6.80. The van der Waals surface area contributed by atoms with Crippen LogP contribution in [-0.4, -0.2) is 55.0 Å². The molecule has 0 bridgehead atoms. The van der Waals surface area contributed by atoms with Gasteiger partial charge in [0.05, 0.1) is 11.4 Å². The lowest BCUT2D eigenvalue weighted by molar-refractivity contribution is -0.141. The SMILES string of the molecule is Cc1nn(C)c(C)c1-c1cc(C(=O)N(C)C(C)C(=O)O)[nH]n1. The number of aliphatic carboxylic acids is 1. The summed E-state index contributed by atoms with van der Waals surface area (Å²) in [4.78, 5) is 24.4. The highest BCUT2D eigenvalue weighted by Gasteiger charge is 2.25. The molecular formula is C14H19N5O3. The van der Waals surface area contributed by atoms with Crippen molar-refractivity contribution in [2.24, 2.45) is 7.05 Å². The minimum absolute atomic E-state index is 0.244. The number of aromatic nitrogens is 4. The Bertz CT molecular complexity index is 731. The van der Waals surface area contributed by atoms with Crippen LogP contribution in [0.5, 0.6) is 0 Å². The highest BCUT2D eigenvalue weighted by atomic mass is 16.4. The molecule has 0 aliphatic carbocycles. The molecule has 2 aromatic heterocycles. The van der Waals surface area contributed by atoms with Gasteiger partial charge in [0.25, 0.3) is 5.91 Å². The largest absolute Gasteiger partial charge is 0.480 e. The molecule has 0 radical (unpaired) electrons. The van der Waals surface area contributed by atoms with Crippen LogP contribution in [0.25, 0.3) is 11.3 Å². The third kappa shape index (κ3) is 2.59. The van der Waals surface area contributed by atoms with Crippen molar-refractivity contribution in [1.82, 2.24) is 24.9 Å². The molecule has 22 heavy (non-hydrogen) atoms. The first-order chi connectivity index (χ1) is 10.2. The van der Waals surface area contributed by atoms with Gasteiger partial charge in [-0.1, -0.05) is 0 Å². The highest BCUT2D eigenvalue weighted by Crippen LogP contribution is 2.25. The average Bonchev–Trinajstić information content (AvgIpc) is 3.02. The lowest BCUT2D eigenvalue weighted by Crippen LogP contribution is -2.40. The number of amides is 1. The summed E-state index contributed by atoms with van der Waals surface area (Å²) >= 11 is 0. The second-order valence-corrected chi connectivity index (χ2v) is 5.27. The summed E-state index contributed by atoms with van der Waals surface area (Å²) in [7, 11) is 3.29. The first-order valence-electron chi connectivity index (χ1n) is 6.80. The molecule has 0 saturated heterocycles. The Morgan fingerprint density at radius 1 is 1.41 bits per heavy atom. The topological polar surface area (TPSA) is 104 Å². The van der Waals surface area contributed by atoms with Crippen molar-refractivity contribution in [3.05, 3.63) is 23.1 Å². The number of rotatable bonds is 4. The summed E-state index contributed by atoms with van der Waals surface area (Å²) in [5.41, 5.74) is 3.48. The van der Waals surface area contributed by atoms with Crippen LogP contribution < -0.4 is 0 Å². The minimum Gasteiger partial charge on any atom is -0.480 e. The Kier molecular flexibility index (Phi) is 4.03. The van der Waals surface area contributed by atoms with E-state index in [-0.39, 0.29) is 5.69 Å². The molecule has 2 aromatic rings. The van der Waals surface area contributed by atoms with Crippen molar-refractivity contribution < 1.29 is 14.7 Å². The molecule has 0 aromatic carbocycles. The highest BCUT2D eigenvalue weighted by molar-refractivity contribution is 5.95. The zero-order valence-corrected chi connectivity index (χ0v) is 13.2. The molecule has 8 heteroatoms. The van der Waals surface area contributed by atoms with Crippen LogP contribution in [-0.2, 0) is 11.8 Å². The van der Waals surface area contributed by atoms with E-state index in [2.05, 4.69) is 15.3 Å². The number of carboxylic acids is 1. The number of nitrogens with one attached hydrogen (secondary N) is 1. The monoisotopic (exact) mass is 305 g/mol. The molecule has 1 unspecified atom stereocenters. The molecule has 0 aliphatic heterocycles. The molecule has 8 nitrogen and oxygen atoms in total. The number of hydrogen-bond acceptors (Lipinski definition) is 4. The first kappa shape index (κ1) is 15.7. The molecule has 0 spiro atoms. The van der Waals surface area contributed by atoms with Gasteiger partial charge < -0.3 is 10.0 Å². The summed E-state index contributed by atoms with van der Waals surface area (Å²) in [5, 5.41) is 20.1. The summed E-state index contributed by atoms with van der Waals surface area (Å²) in [6.07, 6.45) is 0. The van der Waals surface area contributed by atoms with Gasteiger partial charge in [0.2, 0.25) is 0 Å². The van der Waals surface area contributed by atoms with Crippen molar-refractivity contribution >= 4 is 11.9 Å². The van der Waals surface area contributed by atoms with Crippen LogP contribution in [0.3, 0.4) is 0 Å². The quantitative estimate of drug-likeness (QED) is 0.876. The van der Waals surface area contributed by atoms with E-state index in [0.717, 1.165) is 21.9 Å². The van der Waals surface area contributed by atoms with E-state index < -0.39 is 17.9 Å². The van der Waals surface area contributed by atoms with E-state index in [4.69, 9.17) is 5.11 Å². The van der Waals surface area contributed by atoms with Gasteiger partial charge in [-0.3, -0.25) is 14.6 Å². The van der Waals surface area contributed by atoms with Gasteiger partial charge in [0.15, 0.2) is 0 Å². The van der Waals surface area contributed by atoms with Gasteiger partial charge in [-0.2, -0.15) is 10.2 Å². The van der Waals surface area contributed by atoms with E-state index in [1.807, 2.05) is 20.9 Å². The van der Waals surface area contributed by atoms with Crippen molar-refractivity contribution in [1.29, 1.82) is 0 Å². The number of carboxylic acid groups (broad SMARTS) is 1. The number of carbonyl (C=O) groups excluding carboxylic acids is 1. The molecule has 2 N–H and O–H groups in total. The Hall–Kier alpha value is -2.64. The fourth-order valence-electron chi connectivity index (χ4n) is 2.24. The van der Waals surface area contributed by atoms with Crippen LogP contribution in [0.1, 0.15) is 28.8 Å². The van der Waals surface area contributed by atoms with Gasteiger partial charge in [-0.05, 0) is 26.8 Å². The second-order valence-electron chi connectivity index (χ2n) is 5.27. The van der Waals surface area contributed by atoms with Crippen LogP contribution in [0, 0.1) is 13.8 Å². The molecule has 0 aliphatic rings. The maximum atomic E-state index is 12.3.